The van der Waals surface area contributed by atoms with Crippen molar-refractivity contribution in [2.75, 3.05) is 26.3 Å². The number of carbonyl (C=O) groups is 1. The van der Waals surface area contributed by atoms with Crippen LogP contribution in [0.3, 0.4) is 0 Å². The highest BCUT2D eigenvalue weighted by molar-refractivity contribution is 5.74. The van der Waals surface area contributed by atoms with Crippen molar-refractivity contribution in [3.63, 3.8) is 0 Å². The quantitative estimate of drug-likeness (QED) is 0.924. The molecule has 0 radical (unpaired) electrons. The van der Waals surface area contributed by atoms with Gasteiger partial charge >= 0.3 is 6.03 Å². The third-order valence-electron chi connectivity index (χ3n) is 5.23. The molecule has 24 heavy (non-hydrogen) atoms. The number of amides is 2. The Morgan fingerprint density at radius 1 is 1.29 bits per heavy atom. The van der Waals surface area contributed by atoms with Gasteiger partial charge in [0.25, 0.3) is 0 Å². The van der Waals surface area contributed by atoms with Gasteiger partial charge in [-0.15, -0.1) is 0 Å². The van der Waals surface area contributed by atoms with E-state index < -0.39 is 5.79 Å². The molecule has 2 saturated heterocycles. The van der Waals surface area contributed by atoms with E-state index in [4.69, 9.17) is 9.47 Å². The van der Waals surface area contributed by atoms with Gasteiger partial charge in [-0.1, -0.05) is 29.8 Å². The van der Waals surface area contributed by atoms with E-state index in [-0.39, 0.29) is 18.0 Å². The van der Waals surface area contributed by atoms with Crippen molar-refractivity contribution in [1.82, 2.24) is 10.2 Å². The zero-order chi connectivity index (χ0) is 17.2. The second-order valence-electron chi connectivity index (χ2n) is 7.08. The molecule has 1 aromatic carbocycles. The number of piperidine rings is 1. The van der Waals surface area contributed by atoms with E-state index in [1.54, 1.807) is 0 Å². The molecule has 0 bridgehead atoms. The number of benzene rings is 1. The lowest BCUT2D eigenvalue weighted by molar-refractivity contribution is -0.189. The molecule has 2 aliphatic rings. The lowest BCUT2D eigenvalue weighted by Crippen LogP contribution is -2.51. The van der Waals surface area contributed by atoms with E-state index in [2.05, 4.69) is 36.5 Å². The van der Waals surface area contributed by atoms with Crippen LogP contribution >= 0.6 is 0 Å². The predicted octanol–water partition coefficient (Wildman–Crippen LogP) is 3.24. The number of urea groups is 1. The molecule has 0 saturated carbocycles. The van der Waals surface area contributed by atoms with E-state index in [0.717, 1.165) is 24.9 Å². The highest BCUT2D eigenvalue weighted by Gasteiger charge is 2.42. The van der Waals surface area contributed by atoms with Crippen LogP contribution in [0.15, 0.2) is 24.3 Å². The third kappa shape index (κ3) is 3.73. The molecule has 0 aliphatic carbocycles. The van der Waals surface area contributed by atoms with Crippen molar-refractivity contribution in [3.8, 4) is 0 Å². The van der Waals surface area contributed by atoms with Gasteiger partial charge in [0.05, 0.1) is 19.3 Å². The Hall–Kier alpha value is -1.59. The van der Waals surface area contributed by atoms with Crippen LogP contribution in [0, 0.1) is 12.8 Å². The number of hydrogen-bond acceptors (Lipinski definition) is 3. The summed E-state index contributed by atoms with van der Waals surface area (Å²) in [5.41, 5.74) is 2.35. The predicted molar refractivity (Wildman–Crippen MR) is 92.7 cm³/mol. The molecule has 2 fully saturated rings. The minimum absolute atomic E-state index is 0.00521. The van der Waals surface area contributed by atoms with Crippen molar-refractivity contribution in [1.29, 1.82) is 0 Å². The van der Waals surface area contributed by atoms with Crippen LogP contribution in [-0.2, 0) is 9.47 Å². The number of nitrogens with zero attached hydrogens (tertiary/aromatic N) is 1. The van der Waals surface area contributed by atoms with Gasteiger partial charge in [0, 0.05) is 19.0 Å². The van der Waals surface area contributed by atoms with E-state index in [1.165, 1.54) is 5.56 Å². The first-order valence-corrected chi connectivity index (χ1v) is 8.88. The molecular formula is C19H28N2O3. The minimum atomic E-state index is -0.540. The van der Waals surface area contributed by atoms with Crippen molar-refractivity contribution < 1.29 is 14.3 Å². The second kappa shape index (κ2) is 7.11. The van der Waals surface area contributed by atoms with Crippen LogP contribution in [0.4, 0.5) is 4.79 Å². The summed E-state index contributed by atoms with van der Waals surface area (Å²) in [6.07, 6.45) is 2.02. The van der Waals surface area contributed by atoms with Gasteiger partial charge in [0.15, 0.2) is 5.79 Å². The molecule has 1 N–H and O–H groups in total. The number of likely N-dealkylation sites (tertiary alicyclic amines) is 1. The molecule has 2 atom stereocenters. The van der Waals surface area contributed by atoms with Crippen LogP contribution in [0.2, 0.25) is 0 Å². The molecule has 2 heterocycles. The number of aryl methyl sites for hydroxylation is 1. The Bertz CT molecular complexity index is 566. The van der Waals surface area contributed by atoms with Gasteiger partial charge in [0.2, 0.25) is 0 Å². The van der Waals surface area contributed by atoms with Crippen molar-refractivity contribution in [2.24, 2.45) is 5.92 Å². The molecule has 5 nitrogen and oxygen atoms in total. The first-order chi connectivity index (χ1) is 11.5. The number of ether oxygens (including phenoxy) is 2. The summed E-state index contributed by atoms with van der Waals surface area (Å²) in [6, 6.07) is 8.28. The van der Waals surface area contributed by atoms with Gasteiger partial charge in [-0.25, -0.2) is 4.79 Å². The number of carbonyl (C=O) groups excluding carboxylic acids is 1. The van der Waals surface area contributed by atoms with E-state index >= 15 is 0 Å². The lowest BCUT2D eigenvalue weighted by Gasteiger charge is -2.40. The lowest BCUT2D eigenvalue weighted by atomic mass is 9.90. The molecule has 0 unspecified atom stereocenters. The van der Waals surface area contributed by atoms with Crippen LogP contribution in [0.1, 0.15) is 43.9 Å². The fourth-order valence-corrected chi connectivity index (χ4v) is 3.57. The van der Waals surface area contributed by atoms with Crippen molar-refractivity contribution in [3.05, 3.63) is 35.4 Å². The molecule has 3 rings (SSSR count). The average Bonchev–Trinajstić information content (AvgIpc) is 3.03. The van der Waals surface area contributed by atoms with Gasteiger partial charge in [-0.3, -0.25) is 0 Å². The maximum atomic E-state index is 12.6. The molecule has 1 aromatic rings. The monoisotopic (exact) mass is 332 g/mol. The first kappa shape index (κ1) is 17.2. The molecule has 132 valence electrons. The topological polar surface area (TPSA) is 50.8 Å². The van der Waals surface area contributed by atoms with Gasteiger partial charge < -0.3 is 19.7 Å². The molecule has 5 heteroatoms. The van der Waals surface area contributed by atoms with E-state index in [1.807, 2.05) is 18.7 Å². The number of hydrogen-bond donors (Lipinski definition) is 1. The van der Waals surface area contributed by atoms with Crippen molar-refractivity contribution >= 4 is 6.03 Å². The Kier molecular flexibility index (Phi) is 5.11. The van der Waals surface area contributed by atoms with Gasteiger partial charge in [0.1, 0.15) is 0 Å². The Morgan fingerprint density at radius 2 is 1.96 bits per heavy atom. The summed E-state index contributed by atoms with van der Waals surface area (Å²) in [6.45, 7) is 8.85. The molecule has 0 aromatic heterocycles. The largest absolute Gasteiger partial charge is 0.347 e. The highest BCUT2D eigenvalue weighted by atomic mass is 16.7. The summed E-state index contributed by atoms with van der Waals surface area (Å²) < 4.78 is 11.6. The maximum Gasteiger partial charge on any atom is 0.317 e. The standard InChI is InChI=1S/C19H28N2O3/c1-14-6-8-16(9-7-14)15(2)20-18(22)21-10-4-5-17(13-21)19(3)23-11-12-24-19/h6-9,15,17H,4-5,10-13H2,1-3H3,(H,20,22)/t15-,17-/m1/s1. The molecule has 2 aliphatic heterocycles. The molecule has 2 amide bonds. The first-order valence-electron chi connectivity index (χ1n) is 8.88. The molecular weight excluding hydrogens is 304 g/mol. The zero-order valence-electron chi connectivity index (χ0n) is 14.9. The van der Waals surface area contributed by atoms with Gasteiger partial charge in [-0.2, -0.15) is 0 Å². The maximum absolute atomic E-state index is 12.6. The highest BCUT2D eigenvalue weighted by Crippen LogP contribution is 2.34. The summed E-state index contributed by atoms with van der Waals surface area (Å²) in [5.74, 6) is -0.309. The Morgan fingerprint density at radius 3 is 2.62 bits per heavy atom. The molecule has 0 spiro atoms. The van der Waals surface area contributed by atoms with Crippen molar-refractivity contribution in [2.45, 2.75) is 45.4 Å². The summed E-state index contributed by atoms with van der Waals surface area (Å²) >= 11 is 0. The summed E-state index contributed by atoms with van der Waals surface area (Å²) in [4.78, 5) is 14.5. The smallest absolute Gasteiger partial charge is 0.317 e. The zero-order valence-corrected chi connectivity index (χ0v) is 14.9. The second-order valence-corrected chi connectivity index (χ2v) is 7.08. The van der Waals surface area contributed by atoms with Gasteiger partial charge in [-0.05, 0) is 39.2 Å². The summed E-state index contributed by atoms with van der Waals surface area (Å²) in [5, 5.41) is 3.11. The van der Waals surface area contributed by atoms with Crippen LogP contribution < -0.4 is 5.32 Å². The Labute approximate surface area is 144 Å². The van der Waals surface area contributed by atoms with E-state index in [0.29, 0.717) is 19.8 Å². The Balaban J connectivity index is 1.59. The fourth-order valence-electron chi connectivity index (χ4n) is 3.57. The fraction of sp³-hybridized carbons (Fsp3) is 0.632. The average molecular weight is 332 g/mol. The third-order valence-corrected chi connectivity index (χ3v) is 5.23. The normalized spacial score (nSPS) is 24.6. The van der Waals surface area contributed by atoms with Crippen LogP contribution in [0.5, 0.6) is 0 Å². The number of nitrogens with one attached hydrogen (secondary N) is 1. The SMILES string of the molecule is Cc1ccc([C@@H](C)NC(=O)N2CCC[C@@H](C3(C)OCCO3)C2)cc1. The summed E-state index contributed by atoms with van der Waals surface area (Å²) in [7, 11) is 0. The minimum Gasteiger partial charge on any atom is -0.347 e. The van der Waals surface area contributed by atoms with Crippen LogP contribution in [-0.4, -0.2) is 43.0 Å². The van der Waals surface area contributed by atoms with E-state index in [9.17, 15) is 4.79 Å². The number of rotatable bonds is 3. The van der Waals surface area contributed by atoms with Crippen LogP contribution in [0.25, 0.3) is 0 Å².